The number of nitrogens with one attached hydrogen (secondary N) is 1. The molecule has 0 spiro atoms. The lowest BCUT2D eigenvalue weighted by Gasteiger charge is -2.13. The molecule has 1 unspecified atom stereocenters. The van der Waals surface area contributed by atoms with E-state index in [0.717, 1.165) is 30.5 Å². The summed E-state index contributed by atoms with van der Waals surface area (Å²) >= 11 is 0. The molecule has 0 bridgehead atoms. The topological polar surface area (TPSA) is 28.4 Å². The third-order valence-electron chi connectivity index (χ3n) is 3.74. The summed E-state index contributed by atoms with van der Waals surface area (Å²) in [4.78, 5) is 2.51. The van der Waals surface area contributed by atoms with Gasteiger partial charge in [0, 0.05) is 6.54 Å². The Morgan fingerprint density at radius 1 is 1.53 bits per heavy atom. The fourth-order valence-corrected chi connectivity index (χ4v) is 2.61. The lowest BCUT2D eigenvalue weighted by molar-refractivity contribution is 0.281. The van der Waals surface area contributed by atoms with Crippen LogP contribution in [-0.4, -0.2) is 25.0 Å². The van der Waals surface area contributed by atoms with Gasteiger partial charge in [-0.2, -0.15) is 0 Å². The van der Waals surface area contributed by atoms with Gasteiger partial charge in [-0.05, 0) is 44.5 Å². The Kier molecular flexibility index (Phi) is 4.24. The normalized spacial score (nSPS) is 21.2. The maximum atomic E-state index is 5.88. The monoisotopic (exact) mass is 236 g/mol. The molecule has 0 aromatic carbocycles. The minimum Gasteiger partial charge on any atom is -0.463 e. The van der Waals surface area contributed by atoms with Gasteiger partial charge in [-0.25, -0.2) is 0 Å². The number of likely N-dealkylation sites (tertiary alicyclic amines) is 1. The molecule has 1 saturated heterocycles. The standard InChI is InChI=1S/C14H24N2O/c1-4-12-5-6-16(9-12)10-13-7-11(2)14(17-13)8-15-3/h7,12,15H,4-6,8-10H2,1-3H3. The van der Waals surface area contributed by atoms with E-state index < -0.39 is 0 Å². The van der Waals surface area contributed by atoms with Crippen molar-refractivity contribution < 1.29 is 4.42 Å². The van der Waals surface area contributed by atoms with Crippen LogP contribution in [0.15, 0.2) is 10.5 Å². The van der Waals surface area contributed by atoms with Gasteiger partial charge in [-0.15, -0.1) is 0 Å². The molecule has 1 fully saturated rings. The number of hydrogen-bond donors (Lipinski definition) is 1. The first-order chi connectivity index (χ1) is 8.22. The van der Waals surface area contributed by atoms with Crippen molar-refractivity contribution in [1.29, 1.82) is 0 Å². The van der Waals surface area contributed by atoms with Crippen LogP contribution in [0.25, 0.3) is 0 Å². The summed E-state index contributed by atoms with van der Waals surface area (Å²) in [5.41, 5.74) is 1.26. The average Bonchev–Trinajstić information content (AvgIpc) is 2.88. The molecule has 0 radical (unpaired) electrons. The highest BCUT2D eigenvalue weighted by atomic mass is 16.3. The van der Waals surface area contributed by atoms with E-state index in [9.17, 15) is 0 Å². The van der Waals surface area contributed by atoms with Gasteiger partial charge in [0.05, 0.1) is 13.1 Å². The molecule has 2 heterocycles. The number of aryl methyl sites for hydroxylation is 1. The maximum absolute atomic E-state index is 5.88. The smallest absolute Gasteiger partial charge is 0.120 e. The van der Waals surface area contributed by atoms with Crippen LogP contribution in [0.1, 0.15) is 36.8 Å². The highest BCUT2D eigenvalue weighted by Gasteiger charge is 2.22. The quantitative estimate of drug-likeness (QED) is 0.851. The van der Waals surface area contributed by atoms with Crippen molar-refractivity contribution in [1.82, 2.24) is 10.2 Å². The SMILES string of the molecule is CCC1CCN(Cc2cc(C)c(CNC)o2)C1. The fourth-order valence-electron chi connectivity index (χ4n) is 2.61. The molecule has 1 N–H and O–H groups in total. The second-order valence-corrected chi connectivity index (χ2v) is 5.15. The first-order valence-electron chi connectivity index (χ1n) is 6.68. The predicted octanol–water partition coefficient (Wildman–Crippen LogP) is 2.54. The maximum Gasteiger partial charge on any atom is 0.120 e. The van der Waals surface area contributed by atoms with Crippen LogP contribution >= 0.6 is 0 Å². The number of nitrogens with zero attached hydrogens (tertiary/aromatic N) is 1. The third-order valence-corrected chi connectivity index (χ3v) is 3.74. The van der Waals surface area contributed by atoms with E-state index >= 15 is 0 Å². The van der Waals surface area contributed by atoms with Gasteiger partial charge in [0.1, 0.15) is 11.5 Å². The summed E-state index contributed by atoms with van der Waals surface area (Å²) in [5, 5.41) is 3.14. The van der Waals surface area contributed by atoms with Gasteiger partial charge in [0.15, 0.2) is 0 Å². The van der Waals surface area contributed by atoms with Gasteiger partial charge >= 0.3 is 0 Å². The van der Waals surface area contributed by atoms with E-state index in [1.807, 2.05) is 7.05 Å². The third kappa shape index (κ3) is 3.11. The van der Waals surface area contributed by atoms with Crippen LogP contribution in [0.3, 0.4) is 0 Å². The molecular weight excluding hydrogens is 212 g/mol. The zero-order valence-electron chi connectivity index (χ0n) is 11.3. The van der Waals surface area contributed by atoms with Crippen LogP contribution in [0, 0.1) is 12.8 Å². The molecule has 96 valence electrons. The molecule has 1 aliphatic rings. The van der Waals surface area contributed by atoms with Gasteiger partial charge in [0.2, 0.25) is 0 Å². The molecule has 2 rings (SSSR count). The van der Waals surface area contributed by atoms with E-state index in [-0.39, 0.29) is 0 Å². The lowest BCUT2D eigenvalue weighted by atomic mass is 10.1. The zero-order chi connectivity index (χ0) is 12.3. The Balaban J connectivity index is 1.93. The van der Waals surface area contributed by atoms with Gasteiger partial charge < -0.3 is 9.73 Å². The number of hydrogen-bond acceptors (Lipinski definition) is 3. The second-order valence-electron chi connectivity index (χ2n) is 5.15. The number of rotatable bonds is 5. The Labute approximate surface area is 104 Å². The molecular formula is C14H24N2O. The predicted molar refractivity (Wildman–Crippen MR) is 69.9 cm³/mol. The summed E-state index contributed by atoms with van der Waals surface area (Å²) in [7, 11) is 1.95. The zero-order valence-corrected chi connectivity index (χ0v) is 11.3. The first kappa shape index (κ1) is 12.7. The molecule has 1 aromatic rings. The summed E-state index contributed by atoms with van der Waals surface area (Å²) < 4.78 is 5.88. The van der Waals surface area contributed by atoms with E-state index in [0.29, 0.717) is 0 Å². The van der Waals surface area contributed by atoms with Crippen molar-refractivity contribution in [2.75, 3.05) is 20.1 Å². The lowest BCUT2D eigenvalue weighted by Crippen LogP contribution is -2.19. The van der Waals surface area contributed by atoms with Crippen molar-refractivity contribution in [2.24, 2.45) is 5.92 Å². The van der Waals surface area contributed by atoms with Crippen LogP contribution in [0.2, 0.25) is 0 Å². The van der Waals surface area contributed by atoms with Crippen LogP contribution in [-0.2, 0) is 13.1 Å². The van der Waals surface area contributed by atoms with E-state index in [1.54, 1.807) is 0 Å². The van der Waals surface area contributed by atoms with E-state index in [1.165, 1.54) is 31.5 Å². The van der Waals surface area contributed by atoms with Gasteiger partial charge in [-0.1, -0.05) is 13.3 Å². The highest BCUT2D eigenvalue weighted by Crippen LogP contribution is 2.22. The van der Waals surface area contributed by atoms with Gasteiger partial charge in [0.25, 0.3) is 0 Å². The molecule has 17 heavy (non-hydrogen) atoms. The van der Waals surface area contributed by atoms with Crippen molar-refractivity contribution in [3.63, 3.8) is 0 Å². The van der Waals surface area contributed by atoms with Crippen molar-refractivity contribution in [2.45, 2.75) is 39.8 Å². The number of furan rings is 1. The van der Waals surface area contributed by atoms with Crippen molar-refractivity contribution in [3.8, 4) is 0 Å². The van der Waals surface area contributed by atoms with Crippen LogP contribution in [0.4, 0.5) is 0 Å². The minimum absolute atomic E-state index is 0.823. The molecule has 0 saturated carbocycles. The van der Waals surface area contributed by atoms with E-state index in [2.05, 4.69) is 30.1 Å². The van der Waals surface area contributed by atoms with Crippen LogP contribution < -0.4 is 5.32 Å². The summed E-state index contributed by atoms with van der Waals surface area (Å²) in [5.74, 6) is 3.08. The fraction of sp³-hybridized carbons (Fsp3) is 0.714. The summed E-state index contributed by atoms with van der Waals surface area (Å²) in [6.07, 6.45) is 2.65. The Morgan fingerprint density at radius 3 is 3.00 bits per heavy atom. The Bertz CT molecular complexity index is 359. The largest absolute Gasteiger partial charge is 0.463 e. The van der Waals surface area contributed by atoms with Gasteiger partial charge in [-0.3, -0.25) is 4.90 Å². The molecule has 3 heteroatoms. The molecule has 0 aliphatic carbocycles. The Hall–Kier alpha value is -0.800. The summed E-state index contributed by atoms with van der Waals surface area (Å²) in [6.45, 7) is 8.66. The average molecular weight is 236 g/mol. The summed E-state index contributed by atoms with van der Waals surface area (Å²) in [6, 6.07) is 2.19. The molecule has 1 aliphatic heterocycles. The Morgan fingerprint density at radius 2 is 2.35 bits per heavy atom. The van der Waals surface area contributed by atoms with Crippen molar-refractivity contribution in [3.05, 3.63) is 23.2 Å². The van der Waals surface area contributed by atoms with E-state index in [4.69, 9.17) is 4.42 Å². The minimum atomic E-state index is 0.823. The first-order valence-corrected chi connectivity index (χ1v) is 6.68. The molecule has 3 nitrogen and oxygen atoms in total. The highest BCUT2D eigenvalue weighted by molar-refractivity contribution is 5.20. The van der Waals surface area contributed by atoms with Crippen LogP contribution in [0.5, 0.6) is 0 Å². The van der Waals surface area contributed by atoms with Crippen molar-refractivity contribution >= 4 is 0 Å². The molecule has 1 atom stereocenters. The molecule has 1 aromatic heterocycles. The second kappa shape index (κ2) is 5.69. The molecule has 0 amide bonds.